The number of Topliss-reactive ketones (excluding diaryl/α,β-unsaturated/α-hetero) is 2. The highest BCUT2D eigenvalue weighted by molar-refractivity contribution is 6.15. The molecule has 1 aliphatic carbocycles. The number of nitrogens with one attached hydrogen (secondary N) is 2. The predicted octanol–water partition coefficient (Wildman–Crippen LogP) is 4.89. The number of allylic oxidation sites excluding steroid dienone is 13. The van der Waals surface area contributed by atoms with Gasteiger partial charge in [0, 0.05) is 37.9 Å². The number of unbranched alkanes of at least 4 members (excludes halogenated alkanes) is 2. The molecule has 9 atom stereocenters. The van der Waals surface area contributed by atoms with E-state index >= 15 is 0 Å². The Balaban J connectivity index is 1.98. The van der Waals surface area contributed by atoms with Crippen LogP contribution in [0.3, 0.4) is 0 Å². The van der Waals surface area contributed by atoms with Crippen molar-refractivity contribution in [3.05, 3.63) is 96.2 Å². The number of ketones is 2. The van der Waals surface area contributed by atoms with E-state index in [0.29, 0.717) is 11.5 Å². The van der Waals surface area contributed by atoms with Crippen LogP contribution in [0.4, 0.5) is 0 Å². The molecule has 1 aliphatic heterocycles. The SMILES string of the molecule is CC(=CC=C/C=C/C=C/C=C/C(C)C(OC1OC(CO)C(O)C(O)C1O)C(C)=CC(C)CCCC=CC(C)CC=CCCCN(C)C(=N)N)C(=O)NC1C(=O)CCC1=O. The lowest BCUT2D eigenvalue weighted by atomic mass is 9.92. The summed E-state index contributed by atoms with van der Waals surface area (Å²) in [5.74, 6) is -0.423. The van der Waals surface area contributed by atoms with Crippen molar-refractivity contribution in [1.82, 2.24) is 10.2 Å². The first kappa shape index (κ1) is 50.9. The highest BCUT2D eigenvalue weighted by Crippen LogP contribution is 2.28. The van der Waals surface area contributed by atoms with Crippen molar-refractivity contribution in [2.75, 3.05) is 20.2 Å². The molecule has 59 heavy (non-hydrogen) atoms. The zero-order chi connectivity index (χ0) is 43.9. The summed E-state index contributed by atoms with van der Waals surface area (Å²) in [6, 6.07) is -1.05. The smallest absolute Gasteiger partial charge is 0.247 e. The standard InChI is InChI=1S/C46H70N4O9/c1-31(21-15-12-13-20-28-50(6)46(47)48)22-16-14-17-23-32(2)29-35(5)43(59-45-42(56)41(55)40(54)38(30-51)58-45)33(3)24-18-10-8-7-9-11-19-25-34(4)44(57)49-39-36(52)26-27-37(39)53/h7-12,15-16,18-19,22,24-25,29,31-33,38-43,45,51,54-56H,13-14,17,20-21,23,26-28,30H2,1-6H3,(H3,47,48)(H,49,57)/b9-7+,10-8+,15-12?,19-11?,22-16?,24-18+,34-25?,35-29?. The number of nitrogens with two attached hydrogens (primary N) is 1. The van der Waals surface area contributed by atoms with Gasteiger partial charge in [-0.1, -0.05) is 106 Å². The van der Waals surface area contributed by atoms with Crippen molar-refractivity contribution in [2.45, 2.75) is 129 Å². The van der Waals surface area contributed by atoms with Crippen molar-refractivity contribution in [3.8, 4) is 0 Å². The Kier molecular flexibility index (Phi) is 23.7. The van der Waals surface area contributed by atoms with Gasteiger partial charge >= 0.3 is 0 Å². The number of carbonyl (C=O) groups excluding carboxylic acids is 3. The van der Waals surface area contributed by atoms with Crippen LogP contribution in [-0.4, -0.2) is 112 Å². The Morgan fingerprint density at radius 1 is 0.898 bits per heavy atom. The van der Waals surface area contributed by atoms with Crippen molar-refractivity contribution >= 4 is 23.4 Å². The molecule has 0 aromatic heterocycles. The highest BCUT2D eigenvalue weighted by Gasteiger charge is 2.45. The molecule has 2 fully saturated rings. The fraction of sp³-hybridized carbons (Fsp3) is 0.565. The minimum absolute atomic E-state index is 0.0901. The van der Waals surface area contributed by atoms with Gasteiger partial charge in [-0.25, -0.2) is 0 Å². The van der Waals surface area contributed by atoms with E-state index in [-0.39, 0.29) is 42.2 Å². The second kappa shape index (κ2) is 27.5. The van der Waals surface area contributed by atoms with Gasteiger partial charge in [-0.3, -0.25) is 19.8 Å². The molecule has 1 heterocycles. The molecule has 0 radical (unpaired) electrons. The van der Waals surface area contributed by atoms with Crippen LogP contribution in [0.1, 0.15) is 86.0 Å². The third-order valence-electron chi connectivity index (χ3n) is 10.4. The van der Waals surface area contributed by atoms with E-state index in [2.05, 4.69) is 49.5 Å². The van der Waals surface area contributed by atoms with Crippen LogP contribution in [0.15, 0.2) is 96.2 Å². The van der Waals surface area contributed by atoms with E-state index in [4.69, 9.17) is 20.6 Å². The monoisotopic (exact) mass is 823 g/mol. The van der Waals surface area contributed by atoms with Crippen LogP contribution >= 0.6 is 0 Å². The van der Waals surface area contributed by atoms with Crippen LogP contribution in [0, 0.1) is 23.2 Å². The Morgan fingerprint density at radius 2 is 1.53 bits per heavy atom. The summed E-state index contributed by atoms with van der Waals surface area (Å²) >= 11 is 0. The number of aliphatic hydroxyl groups is 4. The molecule has 2 aliphatic rings. The normalized spacial score (nSPS) is 24.7. The van der Waals surface area contributed by atoms with E-state index in [1.165, 1.54) is 0 Å². The number of nitrogens with zero attached hydrogens (tertiary/aromatic N) is 1. The molecule has 9 unspecified atom stereocenters. The molecule has 1 saturated heterocycles. The van der Waals surface area contributed by atoms with E-state index < -0.39 is 55.4 Å². The Morgan fingerprint density at radius 3 is 2.17 bits per heavy atom. The molecular weight excluding hydrogens is 753 g/mol. The van der Waals surface area contributed by atoms with Gasteiger partial charge < -0.3 is 45.9 Å². The van der Waals surface area contributed by atoms with E-state index in [0.717, 1.165) is 50.6 Å². The number of rotatable bonds is 24. The summed E-state index contributed by atoms with van der Waals surface area (Å²) in [6.07, 6.45) is 25.9. The molecule has 13 heteroatoms. The summed E-state index contributed by atoms with van der Waals surface area (Å²) in [7, 11) is 1.82. The molecule has 2 rings (SSSR count). The first-order chi connectivity index (χ1) is 28.1. The van der Waals surface area contributed by atoms with Crippen LogP contribution in [0.25, 0.3) is 0 Å². The average molecular weight is 823 g/mol. The van der Waals surface area contributed by atoms with Crippen LogP contribution < -0.4 is 11.1 Å². The lowest BCUT2D eigenvalue weighted by Gasteiger charge is -2.41. The van der Waals surface area contributed by atoms with Crippen molar-refractivity contribution in [3.63, 3.8) is 0 Å². The largest absolute Gasteiger partial charge is 0.394 e. The Labute approximate surface area is 351 Å². The lowest BCUT2D eigenvalue weighted by Crippen LogP contribution is -2.60. The van der Waals surface area contributed by atoms with Crippen molar-refractivity contribution in [2.24, 2.45) is 23.5 Å². The van der Waals surface area contributed by atoms with Gasteiger partial charge in [-0.2, -0.15) is 0 Å². The number of ether oxygens (including phenoxy) is 2. The van der Waals surface area contributed by atoms with Gasteiger partial charge in [0.1, 0.15) is 30.5 Å². The van der Waals surface area contributed by atoms with Gasteiger partial charge in [0.2, 0.25) is 5.91 Å². The van der Waals surface area contributed by atoms with Crippen LogP contribution in [-0.2, 0) is 23.9 Å². The number of hydrogen-bond donors (Lipinski definition) is 7. The minimum atomic E-state index is -1.55. The topological polar surface area (TPSA) is 216 Å². The third-order valence-corrected chi connectivity index (χ3v) is 10.4. The average Bonchev–Trinajstić information content (AvgIpc) is 3.51. The quantitative estimate of drug-likeness (QED) is 0.0132. The fourth-order valence-corrected chi connectivity index (χ4v) is 6.61. The second-order valence-corrected chi connectivity index (χ2v) is 15.7. The molecule has 1 saturated carbocycles. The molecule has 8 N–H and O–H groups in total. The van der Waals surface area contributed by atoms with E-state index in [1.54, 1.807) is 36.1 Å². The molecule has 328 valence electrons. The highest BCUT2D eigenvalue weighted by atomic mass is 16.7. The van der Waals surface area contributed by atoms with Gasteiger partial charge in [0.25, 0.3) is 0 Å². The first-order valence-corrected chi connectivity index (χ1v) is 20.8. The van der Waals surface area contributed by atoms with Gasteiger partial charge in [-0.05, 0) is 69.8 Å². The second-order valence-electron chi connectivity index (χ2n) is 15.7. The third kappa shape index (κ3) is 18.7. The van der Waals surface area contributed by atoms with Crippen molar-refractivity contribution < 1.29 is 44.3 Å². The lowest BCUT2D eigenvalue weighted by molar-refractivity contribution is -0.310. The number of guanidine groups is 1. The molecule has 0 aromatic rings. The maximum Gasteiger partial charge on any atom is 0.247 e. The zero-order valence-corrected chi connectivity index (χ0v) is 35.8. The van der Waals surface area contributed by atoms with Gasteiger partial charge in [-0.15, -0.1) is 0 Å². The summed E-state index contributed by atoms with van der Waals surface area (Å²) in [5.41, 5.74) is 6.77. The van der Waals surface area contributed by atoms with E-state index in [9.17, 15) is 34.8 Å². The fourth-order valence-electron chi connectivity index (χ4n) is 6.61. The number of hydrogen-bond acceptors (Lipinski definition) is 10. The summed E-state index contributed by atoms with van der Waals surface area (Å²) in [4.78, 5) is 37.7. The molecule has 0 aromatic carbocycles. The zero-order valence-electron chi connectivity index (χ0n) is 35.8. The Hall–Kier alpha value is -4.24. The van der Waals surface area contributed by atoms with Gasteiger partial charge in [0.05, 0.1) is 12.7 Å². The number of amides is 1. The number of carbonyl (C=O) groups is 3. The summed E-state index contributed by atoms with van der Waals surface area (Å²) in [6.45, 7) is 10.1. The number of aliphatic hydroxyl groups excluding tert-OH is 4. The molecule has 0 spiro atoms. The maximum atomic E-state index is 12.3. The molecule has 0 bridgehead atoms. The predicted molar refractivity (Wildman–Crippen MR) is 232 cm³/mol. The maximum absolute atomic E-state index is 12.3. The van der Waals surface area contributed by atoms with E-state index in [1.807, 2.05) is 51.3 Å². The van der Waals surface area contributed by atoms with Crippen LogP contribution in [0.5, 0.6) is 0 Å². The van der Waals surface area contributed by atoms with Gasteiger partial charge in [0.15, 0.2) is 23.8 Å². The summed E-state index contributed by atoms with van der Waals surface area (Å²) < 4.78 is 12.0. The molecule has 1 amide bonds. The Bertz CT molecular complexity index is 1580. The van der Waals surface area contributed by atoms with Crippen molar-refractivity contribution in [1.29, 1.82) is 5.41 Å². The first-order valence-electron chi connectivity index (χ1n) is 20.8. The summed E-state index contributed by atoms with van der Waals surface area (Å²) in [5, 5.41) is 51.1. The molecule has 13 nitrogen and oxygen atoms in total. The molecular formula is C46H70N4O9. The van der Waals surface area contributed by atoms with Crippen LogP contribution in [0.2, 0.25) is 0 Å². The minimum Gasteiger partial charge on any atom is -0.394 e.